The molecule has 0 aliphatic heterocycles. The van der Waals surface area contributed by atoms with Crippen LogP contribution in [0, 0.1) is 12.8 Å². The molecule has 2 rings (SSSR count). The minimum Gasteiger partial charge on any atom is -0.361 e. The molecule has 1 amide bonds. The first-order valence-electron chi connectivity index (χ1n) is 6.62. The van der Waals surface area contributed by atoms with Crippen molar-refractivity contribution in [2.45, 2.75) is 51.6 Å². The maximum atomic E-state index is 12.1. The van der Waals surface area contributed by atoms with Gasteiger partial charge in [-0.15, -0.1) is 0 Å². The van der Waals surface area contributed by atoms with Crippen molar-refractivity contribution in [2.24, 2.45) is 11.7 Å². The van der Waals surface area contributed by atoms with Gasteiger partial charge in [0, 0.05) is 12.1 Å². The first kappa shape index (κ1) is 13.1. The van der Waals surface area contributed by atoms with E-state index in [4.69, 9.17) is 10.3 Å². The second-order valence-electron chi connectivity index (χ2n) is 5.06. The molecule has 0 saturated heterocycles. The summed E-state index contributed by atoms with van der Waals surface area (Å²) in [5.74, 6) is 0.746. The summed E-state index contributed by atoms with van der Waals surface area (Å²) in [5.41, 5.74) is 6.81. The standard InChI is InChI=1S/C13H21N3O2/c1-9-7-10(16-18-9)8-15-13(17)11-5-3-2-4-6-12(11)14/h7,11-12H,2-6,8,14H2,1H3,(H,15,17). The first-order chi connectivity index (χ1) is 8.66. The molecule has 5 nitrogen and oxygen atoms in total. The summed E-state index contributed by atoms with van der Waals surface area (Å²) in [7, 11) is 0. The van der Waals surface area contributed by atoms with Crippen LogP contribution in [-0.4, -0.2) is 17.1 Å². The lowest BCUT2D eigenvalue weighted by atomic mass is 9.94. The highest BCUT2D eigenvalue weighted by Crippen LogP contribution is 2.22. The van der Waals surface area contributed by atoms with E-state index in [1.165, 1.54) is 6.42 Å². The third-order valence-corrected chi connectivity index (χ3v) is 3.53. The highest BCUT2D eigenvalue weighted by atomic mass is 16.5. The zero-order valence-electron chi connectivity index (χ0n) is 10.8. The van der Waals surface area contributed by atoms with Crippen LogP contribution in [0.15, 0.2) is 10.6 Å². The van der Waals surface area contributed by atoms with Crippen LogP contribution in [0.4, 0.5) is 0 Å². The van der Waals surface area contributed by atoms with Crippen LogP contribution in [0.2, 0.25) is 0 Å². The number of rotatable bonds is 3. The van der Waals surface area contributed by atoms with Crippen molar-refractivity contribution in [2.75, 3.05) is 0 Å². The highest BCUT2D eigenvalue weighted by Gasteiger charge is 2.26. The van der Waals surface area contributed by atoms with E-state index in [0.717, 1.165) is 37.1 Å². The molecule has 5 heteroatoms. The number of nitrogens with two attached hydrogens (primary N) is 1. The van der Waals surface area contributed by atoms with Crippen LogP contribution in [0.25, 0.3) is 0 Å². The van der Waals surface area contributed by atoms with Crippen LogP contribution >= 0.6 is 0 Å². The van der Waals surface area contributed by atoms with Crippen molar-refractivity contribution in [1.29, 1.82) is 0 Å². The van der Waals surface area contributed by atoms with E-state index < -0.39 is 0 Å². The molecule has 1 aromatic heterocycles. The smallest absolute Gasteiger partial charge is 0.224 e. The number of hydrogen-bond donors (Lipinski definition) is 2. The number of hydrogen-bond acceptors (Lipinski definition) is 4. The average Bonchev–Trinajstić information content (AvgIpc) is 2.64. The zero-order chi connectivity index (χ0) is 13.0. The monoisotopic (exact) mass is 251 g/mol. The number of carbonyl (C=O) groups is 1. The van der Waals surface area contributed by atoms with Crippen LogP contribution in [0.1, 0.15) is 43.6 Å². The van der Waals surface area contributed by atoms with Gasteiger partial charge in [0.1, 0.15) is 11.5 Å². The fraction of sp³-hybridized carbons (Fsp3) is 0.692. The number of carbonyl (C=O) groups excluding carboxylic acids is 1. The summed E-state index contributed by atoms with van der Waals surface area (Å²) in [5, 5.41) is 6.75. The summed E-state index contributed by atoms with van der Waals surface area (Å²) in [4.78, 5) is 12.1. The Morgan fingerprint density at radius 2 is 2.28 bits per heavy atom. The molecule has 0 radical (unpaired) electrons. The SMILES string of the molecule is Cc1cc(CNC(=O)C2CCCCCC2N)no1. The quantitative estimate of drug-likeness (QED) is 0.798. The summed E-state index contributed by atoms with van der Waals surface area (Å²) >= 11 is 0. The molecule has 0 spiro atoms. The van der Waals surface area contributed by atoms with Crippen LogP contribution in [-0.2, 0) is 11.3 Å². The Balaban J connectivity index is 1.86. The molecule has 2 unspecified atom stereocenters. The van der Waals surface area contributed by atoms with Crippen molar-refractivity contribution in [3.05, 3.63) is 17.5 Å². The second kappa shape index (κ2) is 6.00. The van der Waals surface area contributed by atoms with Gasteiger partial charge in [-0.05, 0) is 19.8 Å². The topological polar surface area (TPSA) is 81.2 Å². The van der Waals surface area contributed by atoms with Gasteiger partial charge in [-0.25, -0.2) is 0 Å². The Hall–Kier alpha value is -1.36. The van der Waals surface area contributed by atoms with E-state index in [0.29, 0.717) is 6.54 Å². The van der Waals surface area contributed by atoms with Gasteiger partial charge in [-0.3, -0.25) is 4.79 Å². The van der Waals surface area contributed by atoms with E-state index in [1.807, 2.05) is 13.0 Å². The predicted molar refractivity (Wildman–Crippen MR) is 67.6 cm³/mol. The van der Waals surface area contributed by atoms with E-state index in [9.17, 15) is 4.79 Å². The van der Waals surface area contributed by atoms with E-state index >= 15 is 0 Å². The number of aromatic nitrogens is 1. The van der Waals surface area contributed by atoms with E-state index in [1.54, 1.807) is 0 Å². The first-order valence-corrected chi connectivity index (χ1v) is 6.62. The van der Waals surface area contributed by atoms with Crippen LogP contribution in [0.5, 0.6) is 0 Å². The van der Waals surface area contributed by atoms with Gasteiger partial charge in [-0.2, -0.15) is 0 Å². The third-order valence-electron chi connectivity index (χ3n) is 3.53. The Kier molecular flexibility index (Phi) is 4.36. The molecule has 1 saturated carbocycles. The van der Waals surface area contributed by atoms with Gasteiger partial charge in [-0.1, -0.05) is 24.4 Å². The maximum absolute atomic E-state index is 12.1. The Morgan fingerprint density at radius 1 is 1.50 bits per heavy atom. The van der Waals surface area contributed by atoms with Gasteiger partial charge in [0.25, 0.3) is 0 Å². The molecule has 1 aliphatic rings. The highest BCUT2D eigenvalue weighted by molar-refractivity contribution is 5.79. The van der Waals surface area contributed by atoms with Gasteiger partial charge in [0.2, 0.25) is 5.91 Å². The molecule has 0 bridgehead atoms. The Bertz CT molecular complexity index is 403. The molecular weight excluding hydrogens is 230 g/mol. The lowest BCUT2D eigenvalue weighted by molar-refractivity contribution is -0.126. The van der Waals surface area contributed by atoms with Gasteiger partial charge in [0.15, 0.2) is 0 Å². The number of amides is 1. The minimum absolute atomic E-state index is 0.00783. The van der Waals surface area contributed by atoms with Gasteiger partial charge < -0.3 is 15.6 Å². The lowest BCUT2D eigenvalue weighted by Gasteiger charge is -2.20. The van der Waals surface area contributed by atoms with Crippen molar-refractivity contribution in [1.82, 2.24) is 10.5 Å². The molecule has 0 aromatic carbocycles. The molecule has 1 aliphatic carbocycles. The molecule has 1 aromatic rings. The second-order valence-corrected chi connectivity index (χ2v) is 5.06. The summed E-state index contributed by atoms with van der Waals surface area (Å²) < 4.78 is 4.96. The predicted octanol–water partition coefficient (Wildman–Crippen LogP) is 1.51. The van der Waals surface area contributed by atoms with Crippen molar-refractivity contribution >= 4 is 5.91 Å². The molecule has 1 fully saturated rings. The minimum atomic E-state index is -0.0551. The Morgan fingerprint density at radius 3 is 3.00 bits per heavy atom. The molecular formula is C13H21N3O2. The Labute approximate surface area is 107 Å². The molecule has 2 atom stereocenters. The zero-order valence-corrected chi connectivity index (χ0v) is 10.8. The molecule has 100 valence electrons. The number of aryl methyl sites for hydroxylation is 1. The third kappa shape index (κ3) is 3.32. The normalized spacial score (nSPS) is 24.6. The van der Waals surface area contributed by atoms with Gasteiger partial charge in [0.05, 0.1) is 12.5 Å². The van der Waals surface area contributed by atoms with Crippen molar-refractivity contribution in [3.63, 3.8) is 0 Å². The summed E-state index contributed by atoms with van der Waals surface area (Å²) in [6.45, 7) is 2.25. The fourth-order valence-electron chi connectivity index (χ4n) is 2.47. The van der Waals surface area contributed by atoms with Gasteiger partial charge >= 0.3 is 0 Å². The number of nitrogens with zero attached hydrogens (tertiary/aromatic N) is 1. The van der Waals surface area contributed by atoms with Crippen molar-refractivity contribution < 1.29 is 9.32 Å². The summed E-state index contributed by atoms with van der Waals surface area (Å²) in [6.07, 6.45) is 5.24. The van der Waals surface area contributed by atoms with E-state index in [2.05, 4.69) is 10.5 Å². The van der Waals surface area contributed by atoms with E-state index in [-0.39, 0.29) is 17.9 Å². The molecule has 3 N–H and O–H groups in total. The van der Waals surface area contributed by atoms with Crippen LogP contribution < -0.4 is 11.1 Å². The summed E-state index contributed by atoms with van der Waals surface area (Å²) in [6, 6.07) is 1.82. The maximum Gasteiger partial charge on any atom is 0.224 e. The van der Waals surface area contributed by atoms with Crippen molar-refractivity contribution in [3.8, 4) is 0 Å². The molecule has 18 heavy (non-hydrogen) atoms. The average molecular weight is 251 g/mol. The fourth-order valence-corrected chi connectivity index (χ4v) is 2.47. The number of nitrogens with one attached hydrogen (secondary N) is 1. The lowest BCUT2D eigenvalue weighted by Crippen LogP contribution is -2.41. The van der Waals surface area contributed by atoms with Crippen LogP contribution in [0.3, 0.4) is 0 Å². The molecule has 1 heterocycles. The largest absolute Gasteiger partial charge is 0.361 e.